The zero-order valence-corrected chi connectivity index (χ0v) is 15.4. The van der Waals surface area contributed by atoms with E-state index in [0.717, 1.165) is 27.0 Å². The fourth-order valence-electron chi connectivity index (χ4n) is 3.18. The maximum absolute atomic E-state index is 12.8. The molecule has 0 saturated heterocycles. The molecule has 136 valence electrons. The number of benzene rings is 1. The highest BCUT2D eigenvalue weighted by molar-refractivity contribution is 7.10. The van der Waals surface area contributed by atoms with E-state index < -0.39 is 6.04 Å². The van der Waals surface area contributed by atoms with Crippen molar-refractivity contribution in [3.63, 3.8) is 0 Å². The normalized spacial score (nSPS) is 12.2. The van der Waals surface area contributed by atoms with Crippen LogP contribution in [0.3, 0.4) is 0 Å². The third-order valence-corrected chi connectivity index (χ3v) is 5.50. The number of hydrogen-bond acceptors (Lipinski definition) is 4. The highest BCUT2D eigenvalue weighted by atomic mass is 32.1. The molecule has 3 N–H and O–H groups in total. The Bertz CT molecular complexity index is 1060. The number of amides is 1. The van der Waals surface area contributed by atoms with Crippen LogP contribution in [0.5, 0.6) is 0 Å². The quantitative estimate of drug-likeness (QED) is 0.480. The van der Waals surface area contributed by atoms with Gasteiger partial charge in [0.2, 0.25) is 0 Å². The van der Waals surface area contributed by atoms with Crippen molar-refractivity contribution in [2.45, 2.75) is 12.5 Å². The van der Waals surface area contributed by atoms with Crippen molar-refractivity contribution in [2.24, 2.45) is 0 Å². The fraction of sp³-hybridized carbons (Fsp3) is 0.143. The van der Waals surface area contributed by atoms with E-state index in [1.165, 1.54) is 0 Å². The van der Waals surface area contributed by atoms with Crippen molar-refractivity contribution in [1.82, 2.24) is 15.3 Å². The summed E-state index contributed by atoms with van der Waals surface area (Å²) in [7, 11) is 0. The van der Waals surface area contributed by atoms with Crippen LogP contribution in [0.4, 0.5) is 0 Å². The van der Waals surface area contributed by atoms with Gasteiger partial charge in [0.25, 0.3) is 5.91 Å². The molecule has 1 aromatic carbocycles. The SMILES string of the molecule is O=C(N[C@H](CO)c1ccccc1)c1ccsc1Cc1ccnc2[nH]ccc12. The number of fused-ring (bicyclic) bond motifs is 1. The van der Waals surface area contributed by atoms with Crippen molar-refractivity contribution in [2.75, 3.05) is 6.61 Å². The topological polar surface area (TPSA) is 78.0 Å². The van der Waals surface area contributed by atoms with Crippen LogP contribution in [-0.2, 0) is 6.42 Å². The molecule has 0 aliphatic carbocycles. The number of carbonyl (C=O) groups is 1. The lowest BCUT2D eigenvalue weighted by molar-refractivity contribution is 0.0916. The number of aromatic nitrogens is 2. The van der Waals surface area contributed by atoms with Gasteiger partial charge in [0, 0.05) is 29.1 Å². The van der Waals surface area contributed by atoms with Gasteiger partial charge in [-0.25, -0.2) is 4.98 Å². The van der Waals surface area contributed by atoms with Gasteiger partial charge in [0.05, 0.1) is 18.2 Å². The highest BCUT2D eigenvalue weighted by Crippen LogP contribution is 2.25. The second kappa shape index (κ2) is 7.73. The van der Waals surface area contributed by atoms with Crippen LogP contribution in [-0.4, -0.2) is 27.6 Å². The average Bonchev–Trinajstić information content (AvgIpc) is 3.36. The lowest BCUT2D eigenvalue weighted by Crippen LogP contribution is -2.31. The minimum atomic E-state index is -0.427. The number of aliphatic hydroxyl groups excluding tert-OH is 1. The van der Waals surface area contributed by atoms with Crippen LogP contribution in [0.15, 0.2) is 66.3 Å². The minimum Gasteiger partial charge on any atom is -0.394 e. The van der Waals surface area contributed by atoms with Gasteiger partial charge >= 0.3 is 0 Å². The fourth-order valence-corrected chi connectivity index (χ4v) is 4.08. The van der Waals surface area contributed by atoms with E-state index in [4.69, 9.17) is 0 Å². The van der Waals surface area contributed by atoms with Crippen molar-refractivity contribution in [1.29, 1.82) is 0 Å². The van der Waals surface area contributed by atoms with E-state index in [-0.39, 0.29) is 12.5 Å². The third kappa shape index (κ3) is 3.63. The molecule has 0 saturated carbocycles. The molecule has 0 radical (unpaired) electrons. The summed E-state index contributed by atoms with van der Waals surface area (Å²) in [5.74, 6) is -0.173. The summed E-state index contributed by atoms with van der Waals surface area (Å²) in [5.41, 5.74) is 3.50. The molecule has 5 nitrogen and oxygen atoms in total. The Labute approximate surface area is 160 Å². The van der Waals surface area contributed by atoms with Gasteiger partial charge in [-0.15, -0.1) is 11.3 Å². The summed E-state index contributed by atoms with van der Waals surface area (Å²) in [4.78, 5) is 21.3. The zero-order chi connectivity index (χ0) is 18.6. The number of hydrogen-bond donors (Lipinski definition) is 3. The number of pyridine rings is 1. The van der Waals surface area contributed by atoms with Gasteiger partial charge in [0.1, 0.15) is 5.65 Å². The maximum atomic E-state index is 12.8. The van der Waals surface area contributed by atoms with Gasteiger partial charge in [-0.1, -0.05) is 30.3 Å². The molecule has 0 aliphatic rings. The zero-order valence-electron chi connectivity index (χ0n) is 14.6. The molecule has 0 aliphatic heterocycles. The van der Waals surface area contributed by atoms with Crippen LogP contribution in [0, 0.1) is 0 Å². The Kier molecular flexibility index (Phi) is 5.00. The van der Waals surface area contributed by atoms with Crippen LogP contribution < -0.4 is 5.32 Å². The summed E-state index contributed by atoms with van der Waals surface area (Å²) in [5, 5.41) is 15.6. The van der Waals surface area contributed by atoms with Gasteiger partial charge in [-0.2, -0.15) is 0 Å². The smallest absolute Gasteiger partial charge is 0.252 e. The number of carbonyl (C=O) groups excluding carboxylic acids is 1. The summed E-state index contributed by atoms with van der Waals surface area (Å²) in [6.07, 6.45) is 4.31. The van der Waals surface area contributed by atoms with Gasteiger partial charge in [0.15, 0.2) is 0 Å². The van der Waals surface area contributed by atoms with Crippen molar-refractivity contribution >= 4 is 28.3 Å². The molecule has 0 fully saturated rings. The number of nitrogens with zero attached hydrogens (tertiary/aromatic N) is 1. The van der Waals surface area contributed by atoms with Crippen molar-refractivity contribution in [3.05, 3.63) is 87.9 Å². The molecule has 27 heavy (non-hydrogen) atoms. The Hall–Kier alpha value is -2.96. The van der Waals surface area contributed by atoms with Crippen LogP contribution in [0.1, 0.15) is 32.4 Å². The largest absolute Gasteiger partial charge is 0.394 e. The molecule has 0 spiro atoms. The van der Waals surface area contributed by atoms with Gasteiger partial charge < -0.3 is 15.4 Å². The van der Waals surface area contributed by atoms with E-state index in [9.17, 15) is 9.90 Å². The molecule has 1 atom stereocenters. The first-order chi connectivity index (χ1) is 13.3. The summed E-state index contributed by atoms with van der Waals surface area (Å²) >= 11 is 1.56. The maximum Gasteiger partial charge on any atom is 0.252 e. The van der Waals surface area contributed by atoms with E-state index in [1.807, 2.05) is 60.1 Å². The van der Waals surface area contributed by atoms with Crippen molar-refractivity contribution < 1.29 is 9.90 Å². The van der Waals surface area contributed by atoms with Crippen LogP contribution in [0.2, 0.25) is 0 Å². The molecule has 4 aromatic rings. The number of rotatable bonds is 6. The minimum absolute atomic E-state index is 0.149. The molecule has 0 bridgehead atoms. The van der Waals surface area contributed by atoms with Crippen LogP contribution >= 0.6 is 11.3 Å². The monoisotopic (exact) mass is 377 g/mol. The Morgan fingerprint density at radius 2 is 2.04 bits per heavy atom. The lowest BCUT2D eigenvalue weighted by atomic mass is 10.0. The lowest BCUT2D eigenvalue weighted by Gasteiger charge is -2.17. The molecular formula is C21H19N3O2S. The summed E-state index contributed by atoms with van der Waals surface area (Å²) in [6.45, 7) is -0.149. The molecule has 1 amide bonds. The van der Waals surface area contributed by atoms with E-state index >= 15 is 0 Å². The number of aromatic amines is 1. The molecule has 4 rings (SSSR count). The van der Waals surface area contributed by atoms with Gasteiger partial charge in [-0.05, 0) is 34.7 Å². The van der Waals surface area contributed by atoms with Gasteiger partial charge in [-0.3, -0.25) is 4.79 Å². The Morgan fingerprint density at radius 1 is 1.19 bits per heavy atom. The van der Waals surface area contributed by atoms with Crippen molar-refractivity contribution in [3.8, 4) is 0 Å². The molecule has 3 heterocycles. The second-order valence-corrected chi connectivity index (χ2v) is 7.26. The molecular weight excluding hydrogens is 358 g/mol. The highest BCUT2D eigenvalue weighted by Gasteiger charge is 2.19. The number of nitrogens with one attached hydrogen (secondary N) is 2. The molecule has 6 heteroatoms. The van der Waals surface area contributed by atoms with E-state index in [0.29, 0.717) is 12.0 Å². The summed E-state index contributed by atoms with van der Waals surface area (Å²) < 4.78 is 0. The first-order valence-corrected chi connectivity index (χ1v) is 9.58. The number of thiophene rings is 1. The predicted molar refractivity (Wildman–Crippen MR) is 107 cm³/mol. The number of H-pyrrole nitrogens is 1. The van der Waals surface area contributed by atoms with Crippen LogP contribution in [0.25, 0.3) is 11.0 Å². The number of aliphatic hydroxyl groups is 1. The predicted octanol–water partition coefficient (Wildman–Crippen LogP) is 3.68. The average molecular weight is 377 g/mol. The Morgan fingerprint density at radius 3 is 2.85 bits per heavy atom. The second-order valence-electron chi connectivity index (χ2n) is 6.26. The molecule has 3 aromatic heterocycles. The first-order valence-electron chi connectivity index (χ1n) is 8.70. The van der Waals surface area contributed by atoms with E-state index in [1.54, 1.807) is 17.5 Å². The summed E-state index contributed by atoms with van der Waals surface area (Å²) in [6, 6.07) is 14.9. The standard InChI is InChI=1S/C21H19N3O2S/c25-13-18(14-4-2-1-3-5-14)24-21(26)17-8-11-27-19(17)12-15-6-9-22-20-16(15)7-10-23-20/h1-11,18,25H,12-13H2,(H,22,23)(H,24,26)/t18-/m1/s1. The molecule has 0 unspecified atom stereocenters. The Balaban J connectivity index is 1.56. The third-order valence-electron chi connectivity index (χ3n) is 4.58. The van der Waals surface area contributed by atoms with E-state index in [2.05, 4.69) is 15.3 Å². The first kappa shape index (κ1) is 17.5.